The normalized spacial score (nSPS) is 19.7. The van der Waals surface area contributed by atoms with Crippen LogP contribution in [0.1, 0.15) is 41.7 Å². The van der Waals surface area contributed by atoms with E-state index in [1.807, 2.05) is 23.8 Å². The molecule has 1 saturated heterocycles. The zero-order valence-corrected chi connectivity index (χ0v) is 10.2. The molecule has 0 aliphatic carbocycles. The standard InChI is InChI=1S/C13H19NO3/c1-10-6-8-14(12(10)13(15)16)7-2-4-11-5-3-9-17-11/h6,8,11H,2-5,7,9H2,1H3,(H,15,16). The van der Waals surface area contributed by atoms with Crippen LogP contribution in [0.3, 0.4) is 0 Å². The minimum atomic E-state index is -0.843. The van der Waals surface area contributed by atoms with E-state index >= 15 is 0 Å². The fraction of sp³-hybridized carbons (Fsp3) is 0.615. The third-order valence-corrected chi connectivity index (χ3v) is 3.32. The molecule has 4 nitrogen and oxygen atoms in total. The van der Waals surface area contributed by atoms with Crippen LogP contribution < -0.4 is 0 Å². The molecule has 1 aromatic heterocycles. The van der Waals surface area contributed by atoms with Crippen LogP contribution in [0, 0.1) is 6.92 Å². The smallest absolute Gasteiger partial charge is 0.352 e. The van der Waals surface area contributed by atoms with E-state index in [4.69, 9.17) is 9.84 Å². The molecule has 17 heavy (non-hydrogen) atoms. The Morgan fingerprint density at radius 2 is 2.47 bits per heavy atom. The van der Waals surface area contributed by atoms with Crippen LogP contribution in [0.4, 0.5) is 0 Å². The SMILES string of the molecule is Cc1ccn(CCCC2CCCO2)c1C(=O)O. The zero-order valence-electron chi connectivity index (χ0n) is 10.2. The average molecular weight is 237 g/mol. The summed E-state index contributed by atoms with van der Waals surface area (Å²) in [4.78, 5) is 11.1. The number of ether oxygens (including phenoxy) is 1. The maximum atomic E-state index is 11.1. The predicted molar refractivity (Wildman–Crippen MR) is 64.3 cm³/mol. The Bertz CT molecular complexity index is 391. The van der Waals surface area contributed by atoms with Gasteiger partial charge in [-0.3, -0.25) is 0 Å². The first-order valence-corrected chi connectivity index (χ1v) is 6.19. The average Bonchev–Trinajstić information content (AvgIpc) is 2.88. The number of hydrogen-bond acceptors (Lipinski definition) is 2. The molecule has 0 amide bonds. The molecule has 0 aromatic carbocycles. The number of carboxylic acids is 1. The van der Waals surface area contributed by atoms with Crippen LogP contribution in [0.2, 0.25) is 0 Å². The molecular formula is C13H19NO3. The summed E-state index contributed by atoms with van der Waals surface area (Å²) >= 11 is 0. The number of carbonyl (C=O) groups is 1. The molecule has 1 N–H and O–H groups in total. The highest BCUT2D eigenvalue weighted by atomic mass is 16.5. The Morgan fingerprint density at radius 1 is 1.65 bits per heavy atom. The van der Waals surface area contributed by atoms with Crippen molar-refractivity contribution in [1.29, 1.82) is 0 Å². The van der Waals surface area contributed by atoms with Crippen LogP contribution in [0.15, 0.2) is 12.3 Å². The lowest BCUT2D eigenvalue weighted by Crippen LogP contribution is -2.11. The number of hydrogen-bond donors (Lipinski definition) is 1. The Labute approximate surface area is 101 Å². The Balaban J connectivity index is 1.88. The number of aromatic nitrogens is 1. The van der Waals surface area contributed by atoms with E-state index in [9.17, 15) is 4.79 Å². The van der Waals surface area contributed by atoms with Crippen molar-refractivity contribution in [3.8, 4) is 0 Å². The van der Waals surface area contributed by atoms with Gasteiger partial charge in [0.2, 0.25) is 0 Å². The lowest BCUT2D eigenvalue weighted by atomic mass is 10.1. The monoisotopic (exact) mass is 237 g/mol. The van der Waals surface area contributed by atoms with E-state index in [2.05, 4.69) is 0 Å². The van der Waals surface area contributed by atoms with Crippen molar-refractivity contribution in [3.05, 3.63) is 23.5 Å². The molecule has 0 radical (unpaired) electrons. The molecule has 1 fully saturated rings. The van der Waals surface area contributed by atoms with Crippen LogP contribution in [0.25, 0.3) is 0 Å². The van der Waals surface area contributed by atoms with E-state index < -0.39 is 5.97 Å². The first-order chi connectivity index (χ1) is 8.18. The van der Waals surface area contributed by atoms with E-state index in [0.29, 0.717) is 11.8 Å². The molecular weight excluding hydrogens is 218 g/mol. The highest BCUT2D eigenvalue weighted by molar-refractivity contribution is 5.87. The molecule has 1 atom stereocenters. The Morgan fingerprint density at radius 3 is 3.12 bits per heavy atom. The second-order valence-corrected chi connectivity index (χ2v) is 4.62. The summed E-state index contributed by atoms with van der Waals surface area (Å²) in [6.45, 7) is 3.48. The lowest BCUT2D eigenvalue weighted by molar-refractivity contribution is 0.0683. The summed E-state index contributed by atoms with van der Waals surface area (Å²) in [7, 11) is 0. The summed E-state index contributed by atoms with van der Waals surface area (Å²) < 4.78 is 7.37. The summed E-state index contributed by atoms with van der Waals surface area (Å²) in [6.07, 6.45) is 6.55. The van der Waals surface area contributed by atoms with Gasteiger partial charge in [0.05, 0.1) is 6.10 Å². The van der Waals surface area contributed by atoms with Gasteiger partial charge >= 0.3 is 5.97 Å². The van der Waals surface area contributed by atoms with Gasteiger partial charge in [0.15, 0.2) is 0 Å². The minimum Gasteiger partial charge on any atom is -0.477 e. The number of nitrogens with zero attached hydrogens (tertiary/aromatic N) is 1. The molecule has 1 aliphatic rings. The van der Waals surface area contributed by atoms with Gasteiger partial charge in [-0.15, -0.1) is 0 Å². The number of rotatable bonds is 5. The first kappa shape index (κ1) is 12.2. The van der Waals surface area contributed by atoms with Gasteiger partial charge in [-0.2, -0.15) is 0 Å². The van der Waals surface area contributed by atoms with Gasteiger partial charge in [-0.25, -0.2) is 4.79 Å². The molecule has 2 heterocycles. The van der Waals surface area contributed by atoms with Crippen LogP contribution in [0.5, 0.6) is 0 Å². The van der Waals surface area contributed by atoms with Gasteiger partial charge in [0, 0.05) is 19.3 Å². The van der Waals surface area contributed by atoms with Gasteiger partial charge in [-0.05, 0) is 44.2 Å². The fourth-order valence-electron chi connectivity index (χ4n) is 2.42. The molecule has 1 aromatic rings. The maximum absolute atomic E-state index is 11.1. The second kappa shape index (κ2) is 5.36. The van der Waals surface area contributed by atoms with E-state index in [0.717, 1.165) is 44.4 Å². The third kappa shape index (κ3) is 2.88. The van der Waals surface area contributed by atoms with Gasteiger partial charge < -0.3 is 14.4 Å². The molecule has 2 rings (SSSR count). The summed E-state index contributed by atoms with van der Waals surface area (Å²) in [5, 5.41) is 9.10. The summed E-state index contributed by atoms with van der Waals surface area (Å²) in [6, 6.07) is 1.86. The van der Waals surface area contributed by atoms with Gasteiger partial charge in [0.1, 0.15) is 5.69 Å². The lowest BCUT2D eigenvalue weighted by Gasteiger charge is -2.10. The highest BCUT2D eigenvalue weighted by Gasteiger charge is 2.16. The molecule has 94 valence electrons. The molecule has 1 unspecified atom stereocenters. The maximum Gasteiger partial charge on any atom is 0.352 e. The minimum absolute atomic E-state index is 0.389. The quantitative estimate of drug-likeness (QED) is 0.855. The molecule has 0 spiro atoms. The van der Waals surface area contributed by atoms with Gasteiger partial charge in [-0.1, -0.05) is 0 Å². The highest BCUT2D eigenvalue weighted by Crippen LogP contribution is 2.18. The van der Waals surface area contributed by atoms with Crippen molar-refractivity contribution in [2.24, 2.45) is 0 Å². The number of aryl methyl sites for hydroxylation is 2. The predicted octanol–water partition coefficient (Wildman–Crippen LogP) is 2.45. The van der Waals surface area contributed by atoms with Crippen molar-refractivity contribution in [1.82, 2.24) is 4.57 Å². The molecule has 0 bridgehead atoms. The van der Waals surface area contributed by atoms with E-state index in [1.54, 1.807) is 0 Å². The first-order valence-electron chi connectivity index (χ1n) is 6.19. The summed E-state index contributed by atoms with van der Waals surface area (Å²) in [5.41, 5.74) is 1.24. The Hall–Kier alpha value is -1.29. The topological polar surface area (TPSA) is 51.5 Å². The Kier molecular flexibility index (Phi) is 3.84. The zero-order chi connectivity index (χ0) is 12.3. The van der Waals surface area contributed by atoms with Crippen molar-refractivity contribution >= 4 is 5.97 Å². The van der Waals surface area contributed by atoms with Crippen molar-refractivity contribution in [3.63, 3.8) is 0 Å². The third-order valence-electron chi connectivity index (χ3n) is 3.32. The van der Waals surface area contributed by atoms with Crippen LogP contribution in [-0.4, -0.2) is 28.4 Å². The van der Waals surface area contributed by atoms with E-state index in [-0.39, 0.29) is 0 Å². The van der Waals surface area contributed by atoms with E-state index in [1.165, 1.54) is 0 Å². The largest absolute Gasteiger partial charge is 0.477 e. The van der Waals surface area contributed by atoms with Crippen molar-refractivity contribution in [2.75, 3.05) is 6.61 Å². The van der Waals surface area contributed by atoms with Crippen LogP contribution in [-0.2, 0) is 11.3 Å². The second-order valence-electron chi connectivity index (χ2n) is 4.62. The van der Waals surface area contributed by atoms with Crippen molar-refractivity contribution < 1.29 is 14.6 Å². The summed E-state index contributed by atoms with van der Waals surface area (Å²) in [5.74, 6) is -0.843. The molecule has 0 saturated carbocycles. The number of carboxylic acid groups (broad SMARTS) is 1. The fourth-order valence-corrected chi connectivity index (χ4v) is 2.42. The van der Waals surface area contributed by atoms with Crippen molar-refractivity contribution in [2.45, 2.75) is 45.3 Å². The van der Waals surface area contributed by atoms with Gasteiger partial charge in [0.25, 0.3) is 0 Å². The number of aromatic carboxylic acids is 1. The van der Waals surface area contributed by atoms with Crippen LogP contribution >= 0.6 is 0 Å². The molecule has 1 aliphatic heterocycles. The molecule has 4 heteroatoms.